The van der Waals surface area contributed by atoms with Gasteiger partial charge >= 0.3 is 0 Å². The Morgan fingerprint density at radius 3 is 2.62 bits per heavy atom. The summed E-state index contributed by atoms with van der Waals surface area (Å²) in [6.45, 7) is 1.75. The second kappa shape index (κ2) is 5.91. The fraction of sp³-hybridized carbons (Fsp3) is 0.444. The van der Waals surface area contributed by atoms with Gasteiger partial charge in [-0.1, -0.05) is 11.6 Å². The number of halogens is 1. The molecule has 1 heterocycles. The molecule has 0 unspecified atom stereocenters. The first-order valence-electron chi connectivity index (χ1n) is 4.04. The molecule has 1 aromatic rings. The van der Waals surface area contributed by atoms with Gasteiger partial charge in [-0.2, -0.15) is 4.57 Å². The summed E-state index contributed by atoms with van der Waals surface area (Å²) in [5.41, 5.74) is 0. The molecule has 0 radical (unpaired) electrons. The lowest BCUT2D eigenvalue weighted by Crippen LogP contribution is -2.34. The number of nitrogens with zero attached hydrogens (tertiary/aromatic N) is 1. The SMILES string of the molecule is COCCOC[n+]1ccc(Cl)cc1. The average Bonchev–Trinajstić information content (AvgIpc) is 2.15. The monoisotopic (exact) mass is 202 g/mol. The lowest BCUT2D eigenvalue weighted by molar-refractivity contribution is -0.732. The highest BCUT2D eigenvalue weighted by Crippen LogP contribution is 2.01. The van der Waals surface area contributed by atoms with Crippen LogP contribution < -0.4 is 4.57 Å². The molecule has 0 saturated carbocycles. The third-order valence-electron chi connectivity index (χ3n) is 1.52. The van der Waals surface area contributed by atoms with Crippen molar-refractivity contribution < 1.29 is 14.0 Å². The summed E-state index contributed by atoms with van der Waals surface area (Å²) in [4.78, 5) is 0. The first-order chi connectivity index (χ1) is 6.33. The predicted molar refractivity (Wildman–Crippen MR) is 49.5 cm³/mol. The summed E-state index contributed by atoms with van der Waals surface area (Å²) in [5, 5.41) is 0.730. The molecule has 0 amide bonds. The van der Waals surface area contributed by atoms with E-state index in [9.17, 15) is 0 Å². The molecule has 1 aromatic heterocycles. The minimum Gasteiger partial charge on any atom is -0.382 e. The molecule has 0 aromatic carbocycles. The number of methoxy groups -OCH3 is 1. The zero-order valence-corrected chi connectivity index (χ0v) is 8.33. The van der Waals surface area contributed by atoms with Gasteiger partial charge in [0.05, 0.1) is 18.2 Å². The van der Waals surface area contributed by atoms with Gasteiger partial charge in [-0.15, -0.1) is 0 Å². The van der Waals surface area contributed by atoms with Crippen molar-refractivity contribution in [1.82, 2.24) is 0 Å². The van der Waals surface area contributed by atoms with Crippen LogP contribution in [-0.2, 0) is 16.2 Å². The van der Waals surface area contributed by atoms with Crippen LogP contribution in [0.5, 0.6) is 0 Å². The zero-order valence-electron chi connectivity index (χ0n) is 7.57. The Labute approximate surface area is 82.9 Å². The lowest BCUT2D eigenvalue weighted by atomic mass is 10.5. The van der Waals surface area contributed by atoms with Crippen molar-refractivity contribution in [1.29, 1.82) is 0 Å². The molecule has 0 atom stereocenters. The number of ether oxygens (including phenoxy) is 2. The van der Waals surface area contributed by atoms with Crippen molar-refractivity contribution in [3.05, 3.63) is 29.5 Å². The van der Waals surface area contributed by atoms with E-state index in [1.54, 1.807) is 7.11 Å². The molecular formula is C9H13ClNO2+. The normalized spacial score (nSPS) is 10.3. The standard InChI is InChI=1S/C9H13ClNO2/c1-12-6-7-13-8-11-4-2-9(10)3-5-11/h2-5H,6-8H2,1H3/q+1. The van der Waals surface area contributed by atoms with Crippen LogP contribution in [0.3, 0.4) is 0 Å². The summed E-state index contributed by atoms with van der Waals surface area (Å²) in [5.74, 6) is 0. The fourth-order valence-corrected chi connectivity index (χ4v) is 0.950. The van der Waals surface area contributed by atoms with E-state index in [4.69, 9.17) is 21.1 Å². The van der Waals surface area contributed by atoms with Crippen LogP contribution in [0.4, 0.5) is 0 Å². The van der Waals surface area contributed by atoms with Crippen molar-refractivity contribution >= 4 is 11.6 Å². The second-order valence-corrected chi connectivity index (χ2v) is 3.00. The third kappa shape index (κ3) is 4.22. The van der Waals surface area contributed by atoms with Crippen LogP contribution in [0.2, 0.25) is 5.02 Å². The topological polar surface area (TPSA) is 22.3 Å². The van der Waals surface area contributed by atoms with Crippen molar-refractivity contribution in [2.24, 2.45) is 0 Å². The first-order valence-corrected chi connectivity index (χ1v) is 4.42. The number of hydrogen-bond acceptors (Lipinski definition) is 2. The molecule has 4 heteroatoms. The maximum absolute atomic E-state index is 5.72. The molecule has 0 aliphatic heterocycles. The summed E-state index contributed by atoms with van der Waals surface area (Å²) in [6, 6.07) is 3.64. The lowest BCUT2D eigenvalue weighted by Gasteiger charge is -1.99. The van der Waals surface area contributed by atoms with Gasteiger partial charge in [0, 0.05) is 19.2 Å². The van der Waals surface area contributed by atoms with Crippen LogP contribution in [0, 0.1) is 0 Å². The fourth-order valence-electron chi connectivity index (χ4n) is 0.837. The van der Waals surface area contributed by atoms with Crippen LogP contribution in [-0.4, -0.2) is 20.3 Å². The molecule has 0 aliphatic carbocycles. The number of hydrogen-bond donors (Lipinski definition) is 0. The quantitative estimate of drug-likeness (QED) is 0.530. The minimum absolute atomic E-state index is 0.528. The molecular weight excluding hydrogens is 190 g/mol. The van der Waals surface area contributed by atoms with Crippen LogP contribution >= 0.6 is 11.6 Å². The zero-order chi connectivity index (χ0) is 9.52. The maximum atomic E-state index is 5.72. The number of aromatic nitrogens is 1. The van der Waals surface area contributed by atoms with Gasteiger partial charge in [-0.3, -0.25) is 0 Å². The highest BCUT2D eigenvalue weighted by Gasteiger charge is 1.98. The second-order valence-electron chi connectivity index (χ2n) is 2.56. The minimum atomic E-state index is 0.528. The molecule has 0 bridgehead atoms. The van der Waals surface area contributed by atoms with Gasteiger partial charge in [-0.25, -0.2) is 0 Å². The molecule has 3 nitrogen and oxygen atoms in total. The van der Waals surface area contributed by atoms with E-state index in [1.165, 1.54) is 0 Å². The van der Waals surface area contributed by atoms with Crippen LogP contribution in [0.1, 0.15) is 0 Å². The van der Waals surface area contributed by atoms with Gasteiger partial charge in [0.2, 0.25) is 0 Å². The summed E-state index contributed by atoms with van der Waals surface area (Å²) in [6.07, 6.45) is 3.74. The van der Waals surface area contributed by atoms with Crippen LogP contribution in [0.25, 0.3) is 0 Å². The Balaban J connectivity index is 2.25. The van der Waals surface area contributed by atoms with Gasteiger partial charge in [0.15, 0.2) is 12.4 Å². The van der Waals surface area contributed by atoms with Crippen molar-refractivity contribution in [3.63, 3.8) is 0 Å². The smallest absolute Gasteiger partial charge is 0.252 e. The first kappa shape index (κ1) is 10.4. The van der Waals surface area contributed by atoms with Gasteiger partial charge < -0.3 is 9.47 Å². The number of pyridine rings is 1. The van der Waals surface area contributed by atoms with Crippen molar-refractivity contribution in [3.8, 4) is 0 Å². The summed E-state index contributed by atoms with van der Waals surface area (Å²) >= 11 is 5.72. The summed E-state index contributed by atoms with van der Waals surface area (Å²) < 4.78 is 12.0. The molecule has 0 aliphatic rings. The van der Waals surface area contributed by atoms with Gasteiger partial charge in [0.1, 0.15) is 0 Å². The van der Waals surface area contributed by atoms with E-state index >= 15 is 0 Å². The molecule has 0 N–H and O–H groups in total. The van der Waals surface area contributed by atoms with Crippen LogP contribution in [0.15, 0.2) is 24.5 Å². The molecule has 72 valence electrons. The highest BCUT2D eigenvalue weighted by atomic mass is 35.5. The van der Waals surface area contributed by atoms with Gasteiger partial charge in [-0.05, 0) is 0 Å². The molecule has 0 spiro atoms. The van der Waals surface area contributed by atoms with E-state index in [-0.39, 0.29) is 0 Å². The van der Waals surface area contributed by atoms with E-state index in [0.717, 1.165) is 5.02 Å². The Bertz CT molecular complexity index is 238. The highest BCUT2D eigenvalue weighted by molar-refractivity contribution is 6.30. The Kier molecular flexibility index (Phi) is 4.75. The summed E-state index contributed by atoms with van der Waals surface area (Å²) in [7, 11) is 1.65. The Hall–Kier alpha value is -0.640. The molecule has 0 saturated heterocycles. The molecule has 0 fully saturated rings. The maximum Gasteiger partial charge on any atom is 0.252 e. The van der Waals surface area contributed by atoms with Gasteiger partial charge in [0.25, 0.3) is 6.73 Å². The van der Waals surface area contributed by atoms with Crippen molar-refractivity contribution in [2.75, 3.05) is 20.3 Å². The van der Waals surface area contributed by atoms with E-state index in [0.29, 0.717) is 19.9 Å². The number of rotatable bonds is 5. The largest absolute Gasteiger partial charge is 0.382 e. The van der Waals surface area contributed by atoms with E-state index in [1.807, 2.05) is 29.1 Å². The predicted octanol–water partition coefficient (Wildman–Crippen LogP) is 1.25. The van der Waals surface area contributed by atoms with Crippen molar-refractivity contribution in [2.45, 2.75) is 6.73 Å². The molecule has 1 rings (SSSR count). The molecule has 13 heavy (non-hydrogen) atoms. The van der Waals surface area contributed by atoms with E-state index in [2.05, 4.69) is 0 Å². The Morgan fingerprint density at radius 2 is 2.00 bits per heavy atom. The average molecular weight is 203 g/mol. The van der Waals surface area contributed by atoms with E-state index < -0.39 is 0 Å². The third-order valence-corrected chi connectivity index (χ3v) is 1.77. The Morgan fingerprint density at radius 1 is 1.31 bits per heavy atom.